The van der Waals surface area contributed by atoms with E-state index < -0.39 is 4.92 Å². The van der Waals surface area contributed by atoms with Gasteiger partial charge in [-0.3, -0.25) is 19.7 Å². The molecule has 0 fully saturated rings. The highest BCUT2D eigenvalue weighted by atomic mass is 16.6. The van der Waals surface area contributed by atoms with Crippen molar-refractivity contribution in [2.75, 3.05) is 17.2 Å². The van der Waals surface area contributed by atoms with E-state index in [-0.39, 0.29) is 30.5 Å². The highest BCUT2D eigenvalue weighted by Crippen LogP contribution is 2.30. The molecule has 0 spiro atoms. The number of nitrogens with one attached hydrogen (secondary N) is 2. The van der Waals surface area contributed by atoms with E-state index in [0.717, 1.165) is 0 Å². The summed E-state index contributed by atoms with van der Waals surface area (Å²) in [4.78, 5) is 33.5. The topological polar surface area (TPSA) is 111 Å². The summed E-state index contributed by atoms with van der Waals surface area (Å²) in [6.45, 7) is -0.0289. The molecule has 122 valence electrons. The molecule has 0 aliphatic carbocycles. The van der Waals surface area contributed by atoms with Gasteiger partial charge in [-0.05, 0) is 23.8 Å². The van der Waals surface area contributed by atoms with Gasteiger partial charge in [-0.1, -0.05) is 12.1 Å². The van der Waals surface area contributed by atoms with Crippen molar-refractivity contribution in [3.8, 4) is 5.75 Å². The molecule has 0 saturated carbocycles. The van der Waals surface area contributed by atoms with Crippen molar-refractivity contribution < 1.29 is 19.2 Å². The Labute approximate surface area is 136 Å². The lowest BCUT2D eigenvalue weighted by molar-refractivity contribution is -0.384. The van der Waals surface area contributed by atoms with Crippen LogP contribution >= 0.6 is 0 Å². The zero-order valence-corrected chi connectivity index (χ0v) is 12.4. The Bertz CT molecular complexity index is 817. The molecule has 0 saturated heterocycles. The molecule has 0 atom stereocenters. The Kier molecular flexibility index (Phi) is 4.11. The van der Waals surface area contributed by atoms with Crippen LogP contribution in [0.2, 0.25) is 0 Å². The number of nitro benzene ring substituents is 1. The molecule has 0 bridgehead atoms. The Morgan fingerprint density at radius 1 is 1.25 bits per heavy atom. The summed E-state index contributed by atoms with van der Waals surface area (Å²) in [5, 5.41) is 16.0. The molecule has 1 aliphatic rings. The number of fused-ring (bicyclic) bond motifs is 1. The van der Waals surface area contributed by atoms with Gasteiger partial charge in [0.1, 0.15) is 5.75 Å². The molecule has 1 aliphatic heterocycles. The first-order chi connectivity index (χ1) is 11.5. The number of hydrogen-bond donors (Lipinski definition) is 2. The maximum absolute atomic E-state index is 12.1. The quantitative estimate of drug-likeness (QED) is 0.660. The van der Waals surface area contributed by atoms with Crippen LogP contribution in [0.4, 0.5) is 17.1 Å². The third-order valence-corrected chi connectivity index (χ3v) is 3.41. The van der Waals surface area contributed by atoms with Crippen LogP contribution in [0, 0.1) is 10.1 Å². The molecule has 2 aromatic carbocycles. The van der Waals surface area contributed by atoms with Crippen molar-refractivity contribution in [1.29, 1.82) is 0 Å². The molecule has 0 radical (unpaired) electrons. The van der Waals surface area contributed by atoms with Crippen LogP contribution in [0.25, 0.3) is 0 Å². The number of hydrogen-bond acceptors (Lipinski definition) is 5. The van der Waals surface area contributed by atoms with Crippen molar-refractivity contribution >= 4 is 28.9 Å². The number of carbonyl (C=O) groups is 2. The van der Waals surface area contributed by atoms with Gasteiger partial charge in [-0.25, -0.2) is 0 Å². The Morgan fingerprint density at radius 3 is 2.71 bits per heavy atom. The van der Waals surface area contributed by atoms with Crippen LogP contribution in [0.3, 0.4) is 0 Å². The highest BCUT2D eigenvalue weighted by molar-refractivity contribution is 5.98. The smallest absolute Gasteiger partial charge is 0.269 e. The lowest BCUT2D eigenvalue weighted by atomic mass is 10.1. The summed E-state index contributed by atoms with van der Waals surface area (Å²) in [5.41, 5.74) is 1.66. The fourth-order valence-electron chi connectivity index (χ4n) is 2.29. The van der Waals surface area contributed by atoms with Crippen molar-refractivity contribution in [3.63, 3.8) is 0 Å². The van der Waals surface area contributed by atoms with E-state index in [1.807, 2.05) is 0 Å². The van der Waals surface area contributed by atoms with E-state index in [4.69, 9.17) is 4.74 Å². The molecular weight excluding hydrogens is 314 g/mol. The second-order valence-electron chi connectivity index (χ2n) is 5.20. The number of carbonyl (C=O) groups excluding carboxylic acids is 2. The monoisotopic (exact) mass is 327 g/mol. The molecule has 1 heterocycles. The number of ether oxygens (including phenoxy) is 1. The SMILES string of the molecule is O=C(Cc1ccc([N+](=O)[O-])cc1)Nc1ccc2c(c1)NC(=O)CO2. The van der Waals surface area contributed by atoms with Crippen LogP contribution in [-0.2, 0) is 16.0 Å². The van der Waals surface area contributed by atoms with E-state index in [1.165, 1.54) is 12.1 Å². The van der Waals surface area contributed by atoms with E-state index in [1.54, 1.807) is 30.3 Å². The third kappa shape index (κ3) is 3.49. The first kappa shape index (κ1) is 15.5. The van der Waals surface area contributed by atoms with E-state index >= 15 is 0 Å². The third-order valence-electron chi connectivity index (χ3n) is 3.41. The largest absolute Gasteiger partial charge is 0.482 e. The molecule has 24 heavy (non-hydrogen) atoms. The van der Waals surface area contributed by atoms with E-state index in [0.29, 0.717) is 22.7 Å². The van der Waals surface area contributed by atoms with Crippen molar-refractivity contribution in [2.24, 2.45) is 0 Å². The zero-order chi connectivity index (χ0) is 17.1. The van der Waals surface area contributed by atoms with Gasteiger partial charge in [-0.15, -0.1) is 0 Å². The Hall–Kier alpha value is -3.42. The normalized spacial score (nSPS) is 12.6. The minimum Gasteiger partial charge on any atom is -0.482 e. The zero-order valence-electron chi connectivity index (χ0n) is 12.4. The molecular formula is C16H13N3O5. The van der Waals surface area contributed by atoms with Gasteiger partial charge in [0, 0.05) is 17.8 Å². The van der Waals surface area contributed by atoms with Gasteiger partial charge in [0.25, 0.3) is 11.6 Å². The molecule has 8 heteroatoms. The Balaban J connectivity index is 1.65. The van der Waals surface area contributed by atoms with Crippen LogP contribution in [0.5, 0.6) is 5.75 Å². The first-order valence-corrected chi connectivity index (χ1v) is 7.11. The lowest BCUT2D eigenvalue weighted by Gasteiger charge is -2.18. The van der Waals surface area contributed by atoms with Gasteiger partial charge >= 0.3 is 0 Å². The summed E-state index contributed by atoms with van der Waals surface area (Å²) >= 11 is 0. The van der Waals surface area contributed by atoms with Crippen LogP contribution in [0.1, 0.15) is 5.56 Å². The molecule has 2 aromatic rings. The number of benzene rings is 2. The van der Waals surface area contributed by atoms with E-state index in [2.05, 4.69) is 10.6 Å². The number of non-ortho nitro benzene ring substituents is 1. The summed E-state index contributed by atoms with van der Waals surface area (Å²) < 4.78 is 5.24. The number of nitro groups is 1. The van der Waals surface area contributed by atoms with Crippen LogP contribution in [0.15, 0.2) is 42.5 Å². The number of rotatable bonds is 4. The molecule has 2 amide bonds. The molecule has 8 nitrogen and oxygen atoms in total. The maximum Gasteiger partial charge on any atom is 0.269 e. The standard InChI is InChI=1S/C16H13N3O5/c20-15(7-10-1-4-12(5-2-10)19(22)23)17-11-3-6-14-13(8-11)18-16(21)9-24-14/h1-6,8H,7,9H2,(H,17,20)(H,18,21). The fourth-order valence-corrected chi connectivity index (χ4v) is 2.29. The Morgan fingerprint density at radius 2 is 2.00 bits per heavy atom. The highest BCUT2D eigenvalue weighted by Gasteiger charge is 2.16. The molecule has 2 N–H and O–H groups in total. The fraction of sp³-hybridized carbons (Fsp3) is 0.125. The predicted molar refractivity (Wildman–Crippen MR) is 86.0 cm³/mol. The summed E-state index contributed by atoms with van der Waals surface area (Å²) in [5.74, 6) is 0.0201. The van der Waals surface area contributed by atoms with Crippen molar-refractivity contribution in [2.45, 2.75) is 6.42 Å². The number of anilines is 2. The van der Waals surface area contributed by atoms with Crippen LogP contribution < -0.4 is 15.4 Å². The average Bonchev–Trinajstić information content (AvgIpc) is 2.54. The predicted octanol–water partition coefficient (Wildman–Crippen LogP) is 2.11. The van der Waals surface area contributed by atoms with Gasteiger partial charge in [0.15, 0.2) is 6.61 Å². The first-order valence-electron chi connectivity index (χ1n) is 7.11. The molecule has 0 aromatic heterocycles. The minimum absolute atomic E-state index is 0.0235. The second-order valence-corrected chi connectivity index (χ2v) is 5.20. The summed E-state index contributed by atoms with van der Waals surface area (Å²) in [6, 6.07) is 10.7. The molecule has 0 unspecified atom stereocenters. The van der Waals surface area contributed by atoms with Gasteiger partial charge in [0.2, 0.25) is 5.91 Å². The minimum atomic E-state index is -0.493. The maximum atomic E-state index is 12.1. The van der Waals surface area contributed by atoms with E-state index in [9.17, 15) is 19.7 Å². The average molecular weight is 327 g/mol. The van der Waals surface area contributed by atoms with Gasteiger partial charge < -0.3 is 15.4 Å². The second kappa shape index (κ2) is 6.37. The van der Waals surface area contributed by atoms with Crippen molar-refractivity contribution in [3.05, 3.63) is 58.1 Å². The summed E-state index contributed by atoms with van der Waals surface area (Å²) in [7, 11) is 0. The van der Waals surface area contributed by atoms with Crippen LogP contribution in [-0.4, -0.2) is 23.3 Å². The van der Waals surface area contributed by atoms with Gasteiger partial charge in [-0.2, -0.15) is 0 Å². The van der Waals surface area contributed by atoms with Gasteiger partial charge in [0.05, 0.1) is 17.0 Å². The lowest BCUT2D eigenvalue weighted by Crippen LogP contribution is -2.25. The number of amides is 2. The number of nitrogens with zero attached hydrogens (tertiary/aromatic N) is 1. The molecule has 3 rings (SSSR count). The summed E-state index contributed by atoms with van der Waals surface area (Å²) in [6.07, 6.45) is 0.0813. The van der Waals surface area contributed by atoms with Crippen molar-refractivity contribution in [1.82, 2.24) is 0 Å².